The fraction of sp³-hybridized carbons (Fsp3) is 0.595. The third kappa shape index (κ3) is 9.74. The quantitative estimate of drug-likeness (QED) is 0.205. The maximum atomic E-state index is 13.2. The predicted molar refractivity (Wildman–Crippen MR) is 213 cm³/mol. The molecule has 7 rings (SSSR count). The van der Waals surface area contributed by atoms with Gasteiger partial charge in [-0.1, -0.05) is 44.5 Å². The van der Waals surface area contributed by atoms with Crippen LogP contribution in [0.2, 0.25) is 0 Å². The van der Waals surface area contributed by atoms with Gasteiger partial charge in [0, 0.05) is 56.4 Å². The lowest BCUT2D eigenvalue weighted by Gasteiger charge is -2.39. The van der Waals surface area contributed by atoms with Crippen LogP contribution < -0.4 is 11.1 Å². The van der Waals surface area contributed by atoms with Crippen LogP contribution in [0, 0.1) is 12.8 Å². The van der Waals surface area contributed by atoms with E-state index in [-0.39, 0.29) is 42.0 Å². The number of H-pyrrole nitrogens is 1. The van der Waals surface area contributed by atoms with E-state index in [0.717, 1.165) is 81.1 Å². The van der Waals surface area contributed by atoms with Gasteiger partial charge in [-0.3, -0.25) is 19.5 Å². The Labute approximate surface area is 328 Å². The minimum atomic E-state index is -0.461. The number of unbranched alkanes of at least 4 members (excludes halogenated alkanes) is 1. The number of amides is 4. The highest BCUT2D eigenvalue weighted by Crippen LogP contribution is 2.29. The average Bonchev–Trinajstić information content (AvgIpc) is 3.81. The molecule has 2 aromatic carbocycles. The second-order valence-corrected chi connectivity index (χ2v) is 15.6. The number of oxazole rings is 1. The maximum Gasteiger partial charge on any atom is 0.417 e. The number of methoxy groups -OCH3 is 1. The Bertz CT molecular complexity index is 1890. The number of ether oxygens (including phenoxy) is 2. The lowest BCUT2D eigenvalue weighted by Crippen LogP contribution is -2.51. The van der Waals surface area contributed by atoms with Gasteiger partial charge in [0.25, 0.3) is 0 Å². The van der Waals surface area contributed by atoms with Crippen LogP contribution in [0.15, 0.2) is 45.6 Å². The van der Waals surface area contributed by atoms with Crippen molar-refractivity contribution in [2.75, 3.05) is 58.3 Å². The van der Waals surface area contributed by atoms with E-state index in [9.17, 15) is 24.0 Å². The number of hydrogen-bond donors (Lipinski definition) is 2. The molecule has 0 aliphatic carbocycles. The molecule has 0 saturated carbocycles. The molecule has 3 fully saturated rings. The Morgan fingerprint density at radius 3 is 2.38 bits per heavy atom. The third-order valence-electron chi connectivity index (χ3n) is 11.8. The van der Waals surface area contributed by atoms with E-state index in [1.807, 2.05) is 54.0 Å². The van der Waals surface area contributed by atoms with Gasteiger partial charge in [0.05, 0.1) is 19.2 Å². The number of aryl methyl sites for hydroxylation is 1. The Morgan fingerprint density at radius 1 is 0.929 bits per heavy atom. The van der Waals surface area contributed by atoms with Crippen molar-refractivity contribution in [3.63, 3.8) is 0 Å². The van der Waals surface area contributed by atoms with E-state index in [0.29, 0.717) is 62.9 Å². The second kappa shape index (κ2) is 18.9. The number of aromatic nitrogens is 1. The summed E-state index contributed by atoms with van der Waals surface area (Å²) in [6, 6.07) is 12.1. The summed E-state index contributed by atoms with van der Waals surface area (Å²) in [5.74, 6) is -0.545. The first kappa shape index (κ1) is 40.8. The van der Waals surface area contributed by atoms with E-state index >= 15 is 0 Å². The van der Waals surface area contributed by atoms with Crippen LogP contribution in [0.25, 0.3) is 11.1 Å². The topological polar surface area (TPSA) is 158 Å². The third-order valence-corrected chi connectivity index (χ3v) is 11.8. The molecule has 4 aliphatic rings. The number of esters is 1. The first-order valence-electron chi connectivity index (χ1n) is 20.4. The Balaban J connectivity index is 0.000000208. The number of nitrogens with one attached hydrogen (secondary N) is 2. The molecule has 5 heterocycles. The summed E-state index contributed by atoms with van der Waals surface area (Å²) in [6.07, 6.45) is 8.33. The zero-order valence-electron chi connectivity index (χ0n) is 33.3. The zero-order chi connectivity index (χ0) is 39.8. The molecule has 4 aliphatic heterocycles. The predicted octanol–water partition coefficient (Wildman–Crippen LogP) is 5.71. The van der Waals surface area contributed by atoms with Crippen molar-refractivity contribution in [3.8, 4) is 0 Å². The molecule has 14 nitrogen and oxygen atoms in total. The monoisotopic (exact) mass is 774 g/mol. The van der Waals surface area contributed by atoms with E-state index in [4.69, 9.17) is 13.9 Å². The summed E-state index contributed by atoms with van der Waals surface area (Å²) in [7, 11) is 1.40. The molecule has 3 aromatic rings. The van der Waals surface area contributed by atoms with E-state index in [2.05, 4.69) is 28.2 Å². The summed E-state index contributed by atoms with van der Waals surface area (Å²) < 4.78 is 15.5. The van der Waals surface area contributed by atoms with Gasteiger partial charge >= 0.3 is 23.8 Å². The van der Waals surface area contributed by atoms with Gasteiger partial charge in [-0.25, -0.2) is 14.4 Å². The van der Waals surface area contributed by atoms with Gasteiger partial charge < -0.3 is 33.9 Å². The summed E-state index contributed by atoms with van der Waals surface area (Å²) >= 11 is 0. The highest BCUT2D eigenvalue weighted by molar-refractivity contribution is 5.91. The van der Waals surface area contributed by atoms with E-state index in [1.165, 1.54) is 12.7 Å². The molecule has 56 heavy (non-hydrogen) atoms. The number of anilines is 1. The van der Waals surface area contributed by atoms with Crippen LogP contribution in [0.3, 0.4) is 0 Å². The summed E-state index contributed by atoms with van der Waals surface area (Å²) in [5, 5.41) is 3.00. The Morgan fingerprint density at radius 2 is 1.64 bits per heavy atom. The van der Waals surface area contributed by atoms with Gasteiger partial charge in [0.1, 0.15) is 6.04 Å². The number of hydrogen-bond acceptors (Lipinski definition) is 9. The molecule has 2 N–H and O–H groups in total. The first-order chi connectivity index (χ1) is 27.1. The van der Waals surface area contributed by atoms with E-state index < -0.39 is 5.76 Å². The van der Waals surface area contributed by atoms with Crippen molar-refractivity contribution in [2.45, 2.75) is 103 Å². The average molecular weight is 775 g/mol. The highest BCUT2D eigenvalue weighted by Gasteiger charge is 2.38. The molecule has 1 aromatic heterocycles. The fourth-order valence-electron chi connectivity index (χ4n) is 8.70. The maximum absolute atomic E-state index is 13.2. The van der Waals surface area contributed by atoms with Gasteiger partial charge in [0.15, 0.2) is 5.58 Å². The lowest BCUT2D eigenvalue weighted by atomic mass is 9.96. The summed E-state index contributed by atoms with van der Waals surface area (Å²) in [4.78, 5) is 71.8. The van der Waals surface area contributed by atoms with Crippen molar-refractivity contribution in [1.82, 2.24) is 24.6 Å². The zero-order valence-corrected chi connectivity index (χ0v) is 33.3. The Kier molecular flexibility index (Phi) is 13.7. The highest BCUT2D eigenvalue weighted by atomic mass is 16.5. The van der Waals surface area contributed by atoms with Crippen molar-refractivity contribution in [1.29, 1.82) is 0 Å². The fourth-order valence-corrected chi connectivity index (χ4v) is 8.70. The van der Waals surface area contributed by atoms with Crippen molar-refractivity contribution < 1.29 is 33.1 Å². The number of likely N-dealkylation sites (tertiary alicyclic amines) is 3. The van der Waals surface area contributed by atoms with Crippen LogP contribution in [-0.4, -0.2) is 120 Å². The van der Waals surface area contributed by atoms with Gasteiger partial charge in [-0.15, -0.1) is 0 Å². The lowest BCUT2D eigenvalue weighted by molar-refractivity contribution is -0.150. The molecule has 0 bridgehead atoms. The molecule has 14 heteroatoms. The number of fused-ring (bicyclic) bond motifs is 2. The Hall–Kier alpha value is -4.85. The minimum absolute atomic E-state index is 0.0403. The van der Waals surface area contributed by atoms with Crippen LogP contribution in [0.5, 0.6) is 0 Å². The number of carbonyl (C=O) groups excluding carboxylic acids is 4. The number of benzene rings is 2. The van der Waals surface area contributed by atoms with Crippen LogP contribution in [-0.2, 0) is 31.9 Å². The summed E-state index contributed by atoms with van der Waals surface area (Å²) in [6.45, 7) is 10.8. The standard InChI is InChI=1S/C26H37N3O5.C16H21N3O3/c1-4-5-13-33-25(31)21-7-6-10-29(21)20-8-11-28(12-9-20)24(30)18(3)15-19-14-17(2)23-22(16-19)34-26(32)27-23;1-22-16(21)18-9-7-13(8-10-18)19-11-6-12-4-2-3-5-14(12)17-15(19)20/h14,16,18,20-21H,4-13,15H2,1-3H3,(H,27,32);2-5,13H,6-11H2,1H3,(H,17,20)/t18-,21+;/m1./s1. The molecule has 0 spiro atoms. The molecule has 0 radical (unpaired) electrons. The SMILES string of the molecule is CCCCOC(=O)[C@@H]1CCCN1C1CCN(C(=O)[C@H](C)Cc2cc(C)c3[nH]c(=O)oc3c2)CC1.COC(=O)N1CCC(N2CCc3ccccc3NC2=O)CC1. The molecular formula is C42H58N6O8. The van der Waals surface area contributed by atoms with Crippen molar-refractivity contribution >= 4 is 40.8 Å². The largest absolute Gasteiger partial charge is 0.465 e. The normalized spacial score (nSPS) is 20.1. The second-order valence-electron chi connectivity index (χ2n) is 15.6. The molecular weight excluding hydrogens is 716 g/mol. The number of urea groups is 1. The number of carbonyl (C=O) groups is 4. The molecule has 2 atom stereocenters. The van der Waals surface area contributed by atoms with Crippen LogP contribution in [0.1, 0.15) is 81.9 Å². The van der Waals surface area contributed by atoms with E-state index in [1.54, 1.807) is 4.90 Å². The molecule has 0 unspecified atom stereocenters. The van der Waals surface area contributed by atoms with Crippen molar-refractivity contribution in [2.24, 2.45) is 5.92 Å². The first-order valence-corrected chi connectivity index (χ1v) is 20.4. The minimum Gasteiger partial charge on any atom is -0.465 e. The molecule has 4 amide bonds. The van der Waals surface area contributed by atoms with Crippen LogP contribution in [0.4, 0.5) is 15.3 Å². The number of piperidine rings is 2. The number of rotatable bonds is 9. The van der Waals surface area contributed by atoms with Gasteiger partial charge in [0.2, 0.25) is 5.91 Å². The van der Waals surface area contributed by atoms with Crippen LogP contribution >= 0.6 is 0 Å². The van der Waals surface area contributed by atoms with Gasteiger partial charge in [-0.2, -0.15) is 0 Å². The number of para-hydroxylation sites is 1. The number of nitrogens with zero attached hydrogens (tertiary/aromatic N) is 4. The number of aromatic amines is 1. The van der Waals surface area contributed by atoms with Gasteiger partial charge in [-0.05, 0) is 100 Å². The molecule has 304 valence electrons. The smallest absolute Gasteiger partial charge is 0.417 e. The van der Waals surface area contributed by atoms with Crippen molar-refractivity contribution in [3.05, 3.63) is 63.6 Å². The summed E-state index contributed by atoms with van der Waals surface area (Å²) in [5.41, 5.74) is 5.25. The molecule has 3 saturated heterocycles.